The summed E-state index contributed by atoms with van der Waals surface area (Å²) in [5, 5.41) is 16.0. The van der Waals surface area contributed by atoms with E-state index in [1.807, 2.05) is 104 Å². The van der Waals surface area contributed by atoms with Crippen LogP contribution in [0.4, 0.5) is 10.5 Å². The highest BCUT2D eigenvalue weighted by Gasteiger charge is 2.32. The quantitative estimate of drug-likeness (QED) is 0.0656. The predicted octanol–water partition coefficient (Wildman–Crippen LogP) is 10.1. The zero-order chi connectivity index (χ0) is 45.0. The summed E-state index contributed by atoms with van der Waals surface area (Å²) in [5.41, 5.74) is 6.41. The molecule has 0 radical (unpaired) electrons. The summed E-state index contributed by atoms with van der Waals surface area (Å²) in [4.78, 5) is 36.0. The monoisotopic (exact) mass is 880 g/mol. The number of anilines is 1. The third-order valence-electron chi connectivity index (χ3n) is 9.30. The summed E-state index contributed by atoms with van der Waals surface area (Å²) in [6.45, 7) is 22.8. The van der Waals surface area contributed by atoms with Crippen molar-refractivity contribution < 1.29 is 28.5 Å². The van der Waals surface area contributed by atoms with Gasteiger partial charge in [0.1, 0.15) is 34.7 Å². The fraction of sp³-hybridized carbons (Fsp3) is 0.458. The molecule has 0 aliphatic carbocycles. The number of carbonyl (C=O) groups is 2. The van der Waals surface area contributed by atoms with Gasteiger partial charge in [-0.2, -0.15) is 0 Å². The number of rotatable bonds is 14. The molecule has 1 atom stereocenters. The Hall–Kier alpha value is -5.20. The van der Waals surface area contributed by atoms with E-state index in [0.717, 1.165) is 55.2 Å². The van der Waals surface area contributed by atoms with E-state index >= 15 is 0 Å². The van der Waals surface area contributed by atoms with Crippen LogP contribution in [0.3, 0.4) is 0 Å². The van der Waals surface area contributed by atoms with Crippen LogP contribution in [-0.4, -0.2) is 75.2 Å². The summed E-state index contributed by atoms with van der Waals surface area (Å²) in [7, 11) is 0. The number of benzene rings is 2. The third kappa shape index (κ3) is 13.6. The van der Waals surface area contributed by atoms with E-state index < -0.39 is 17.3 Å². The highest BCUT2D eigenvalue weighted by molar-refractivity contribution is 7.15. The minimum Gasteiger partial charge on any atom is -0.460 e. The van der Waals surface area contributed by atoms with E-state index in [9.17, 15) is 9.59 Å². The molecule has 62 heavy (non-hydrogen) atoms. The number of aromatic nitrogens is 4. The number of aliphatic imine (C=N–C) groups is 1. The lowest BCUT2D eigenvalue weighted by molar-refractivity contribution is -0.154. The molecule has 14 heteroatoms. The van der Waals surface area contributed by atoms with Crippen molar-refractivity contribution in [3.8, 4) is 16.8 Å². The van der Waals surface area contributed by atoms with Crippen molar-refractivity contribution in [2.45, 2.75) is 119 Å². The number of aryl methyl sites for hydroxylation is 3. The lowest BCUT2D eigenvalue weighted by Crippen LogP contribution is -2.27. The number of thiazole rings is 1. The van der Waals surface area contributed by atoms with Crippen LogP contribution in [0.25, 0.3) is 5.00 Å². The standard InChI is InChI=1S/C46H54N6O6S2.C2H6/c1-29-30(2)60-43-40(29)41(49-37(28-38-47-19-24-59-38)42-51-50-31(3)52(42)43)35-15-12-32(13-16-35)11-10-20-55-22-23-56-21-18-34-25-33(14-17-39(53)57-45(4,5)6)26-36(27-34)48-44(54)58-46(7,8)9;1-2/h12-13,15-16,19,24-27,37H,14,17-18,20-23,28H2,1-9H3,(H,48,54);1-2H3/t37-;/m0./s1. The minimum absolute atomic E-state index is 0.224. The molecule has 0 bridgehead atoms. The van der Waals surface area contributed by atoms with Gasteiger partial charge in [-0.25, -0.2) is 9.78 Å². The number of amides is 1. The normalized spacial score (nSPS) is 13.3. The molecule has 5 aromatic rings. The minimum atomic E-state index is -0.633. The number of hydrogen-bond donors (Lipinski definition) is 1. The maximum absolute atomic E-state index is 12.5. The number of fused-ring (bicyclic) bond motifs is 3. The number of nitrogens with zero attached hydrogens (tertiary/aromatic N) is 5. The SMILES string of the molecule is CC.Cc1sc2c(c1C)C(c1ccc(C#CCOCCOCCc3cc(CCC(=O)OC(C)(C)C)cc(NC(=O)OC(C)(C)C)c3)cc1)=N[C@@H](Cc1nccs1)c1nnc(C)n1-2. The molecule has 1 N–H and O–H groups in total. The Morgan fingerprint density at radius 2 is 1.56 bits per heavy atom. The molecule has 330 valence electrons. The molecule has 0 saturated heterocycles. The Morgan fingerprint density at radius 1 is 0.871 bits per heavy atom. The van der Waals surface area contributed by atoms with Gasteiger partial charge in [0, 0.05) is 51.7 Å². The number of nitrogens with one attached hydrogen (secondary N) is 1. The van der Waals surface area contributed by atoms with Crippen molar-refractivity contribution in [3.05, 3.63) is 109 Å². The van der Waals surface area contributed by atoms with Crippen molar-refractivity contribution in [2.75, 3.05) is 31.7 Å². The molecule has 1 aliphatic heterocycles. The van der Waals surface area contributed by atoms with Crippen LogP contribution in [-0.2, 0) is 43.0 Å². The second kappa shape index (κ2) is 21.7. The molecule has 0 unspecified atom stereocenters. The number of hydrogen-bond acceptors (Lipinski definition) is 12. The van der Waals surface area contributed by atoms with E-state index in [-0.39, 0.29) is 25.0 Å². The lowest BCUT2D eigenvalue weighted by Gasteiger charge is -2.20. The fourth-order valence-electron chi connectivity index (χ4n) is 6.61. The first-order valence-electron chi connectivity index (χ1n) is 21.1. The summed E-state index contributed by atoms with van der Waals surface area (Å²) in [6, 6.07) is 13.7. The Labute approximate surface area is 374 Å². The average molecular weight is 881 g/mol. The molecule has 3 aromatic heterocycles. The molecule has 1 aliphatic rings. The van der Waals surface area contributed by atoms with Crippen LogP contribution in [0, 0.1) is 32.6 Å². The fourth-order valence-corrected chi connectivity index (χ4v) is 8.48. The molecular weight excluding hydrogens is 821 g/mol. The largest absolute Gasteiger partial charge is 0.460 e. The van der Waals surface area contributed by atoms with E-state index in [1.165, 1.54) is 10.4 Å². The first kappa shape index (κ1) is 47.8. The topological polar surface area (TPSA) is 139 Å². The van der Waals surface area contributed by atoms with Crippen LogP contribution in [0.1, 0.15) is 123 Å². The van der Waals surface area contributed by atoms with Crippen molar-refractivity contribution in [2.24, 2.45) is 4.99 Å². The molecular formula is C48H60N6O6S2. The van der Waals surface area contributed by atoms with E-state index in [1.54, 1.807) is 22.7 Å². The summed E-state index contributed by atoms with van der Waals surface area (Å²) < 4.78 is 24.7. The van der Waals surface area contributed by atoms with Crippen LogP contribution in [0.2, 0.25) is 0 Å². The van der Waals surface area contributed by atoms with E-state index in [2.05, 4.69) is 62.9 Å². The molecule has 0 saturated carbocycles. The third-order valence-corrected chi connectivity index (χ3v) is 11.3. The number of ether oxygens (including phenoxy) is 4. The van der Waals surface area contributed by atoms with Gasteiger partial charge in [-0.1, -0.05) is 43.9 Å². The zero-order valence-corrected chi connectivity index (χ0v) is 39.6. The van der Waals surface area contributed by atoms with Gasteiger partial charge in [0.25, 0.3) is 0 Å². The second-order valence-corrected chi connectivity index (χ2v) is 18.8. The summed E-state index contributed by atoms with van der Waals surface area (Å²) in [5.74, 6) is 7.73. The van der Waals surface area contributed by atoms with Crippen LogP contribution >= 0.6 is 22.7 Å². The number of esters is 1. The van der Waals surface area contributed by atoms with E-state index in [4.69, 9.17) is 23.9 Å². The first-order valence-corrected chi connectivity index (χ1v) is 22.8. The molecule has 12 nitrogen and oxygen atoms in total. The van der Waals surface area contributed by atoms with Crippen LogP contribution < -0.4 is 5.32 Å². The Bertz CT molecular complexity index is 2370. The van der Waals surface area contributed by atoms with Gasteiger partial charge in [0.05, 0.1) is 30.5 Å². The molecule has 6 rings (SSSR count). The lowest BCUT2D eigenvalue weighted by atomic mass is 9.98. The highest BCUT2D eigenvalue weighted by Crippen LogP contribution is 2.39. The maximum Gasteiger partial charge on any atom is 0.412 e. The highest BCUT2D eigenvalue weighted by atomic mass is 32.1. The predicted molar refractivity (Wildman–Crippen MR) is 248 cm³/mol. The Morgan fingerprint density at radius 3 is 2.24 bits per heavy atom. The Balaban J connectivity index is 0.00000358. The van der Waals surface area contributed by atoms with Gasteiger partial charge in [0.2, 0.25) is 0 Å². The van der Waals surface area contributed by atoms with Crippen molar-refractivity contribution >= 4 is 46.1 Å². The number of thiophene rings is 1. The van der Waals surface area contributed by atoms with Crippen molar-refractivity contribution in [1.82, 2.24) is 19.7 Å². The van der Waals surface area contributed by atoms with Crippen molar-refractivity contribution in [1.29, 1.82) is 0 Å². The van der Waals surface area contributed by atoms with Crippen LogP contribution in [0.15, 0.2) is 59.0 Å². The zero-order valence-electron chi connectivity index (χ0n) is 37.9. The molecule has 4 heterocycles. The van der Waals surface area contributed by atoms with Gasteiger partial charge in [-0.3, -0.25) is 19.7 Å². The van der Waals surface area contributed by atoms with Gasteiger partial charge in [-0.15, -0.1) is 32.9 Å². The summed E-state index contributed by atoms with van der Waals surface area (Å²) >= 11 is 3.37. The smallest absolute Gasteiger partial charge is 0.412 e. The van der Waals surface area contributed by atoms with Crippen LogP contribution in [0.5, 0.6) is 0 Å². The molecule has 0 fully saturated rings. The molecule has 2 aromatic carbocycles. The maximum atomic E-state index is 12.5. The number of carbonyl (C=O) groups excluding carboxylic acids is 2. The van der Waals surface area contributed by atoms with Crippen molar-refractivity contribution in [3.63, 3.8) is 0 Å². The van der Waals surface area contributed by atoms with Gasteiger partial charge >= 0.3 is 12.1 Å². The van der Waals surface area contributed by atoms with E-state index in [0.29, 0.717) is 44.8 Å². The molecule has 1 amide bonds. The Kier molecular flexibility index (Phi) is 16.8. The average Bonchev–Trinajstić information content (AvgIpc) is 3.91. The van der Waals surface area contributed by atoms with Gasteiger partial charge < -0.3 is 18.9 Å². The second-order valence-electron chi connectivity index (χ2n) is 16.6. The first-order chi connectivity index (χ1) is 29.5. The van der Waals surface area contributed by atoms with Gasteiger partial charge in [-0.05, 0) is 116 Å². The van der Waals surface area contributed by atoms with Gasteiger partial charge in [0.15, 0.2) is 5.82 Å². The molecule has 0 spiro atoms. The summed E-state index contributed by atoms with van der Waals surface area (Å²) in [6.07, 6.45) is 3.22.